The summed E-state index contributed by atoms with van der Waals surface area (Å²) >= 11 is 0. The largest absolute Gasteiger partial charge is 0.497 e. The summed E-state index contributed by atoms with van der Waals surface area (Å²) < 4.78 is 15.1. The molecule has 1 unspecified atom stereocenters. The van der Waals surface area contributed by atoms with Gasteiger partial charge in [0.05, 0.1) is 20.3 Å². The van der Waals surface area contributed by atoms with E-state index < -0.39 is 6.04 Å². The van der Waals surface area contributed by atoms with Crippen molar-refractivity contribution in [3.05, 3.63) is 29.8 Å². The summed E-state index contributed by atoms with van der Waals surface area (Å²) in [6.07, 6.45) is 0. The molecule has 5 heteroatoms. The van der Waals surface area contributed by atoms with Gasteiger partial charge in [0, 0.05) is 13.7 Å². The van der Waals surface area contributed by atoms with Crippen molar-refractivity contribution in [2.24, 2.45) is 0 Å². The van der Waals surface area contributed by atoms with Crippen LogP contribution in [-0.4, -0.2) is 39.4 Å². The third-order valence-corrected chi connectivity index (χ3v) is 2.62. The topological polar surface area (TPSA) is 56.8 Å². The quantitative estimate of drug-likeness (QED) is 0.721. The van der Waals surface area contributed by atoms with E-state index in [1.165, 1.54) is 0 Å². The van der Waals surface area contributed by atoms with Gasteiger partial charge >= 0.3 is 5.97 Å². The Morgan fingerprint density at radius 2 is 1.95 bits per heavy atom. The van der Waals surface area contributed by atoms with E-state index in [9.17, 15) is 4.79 Å². The van der Waals surface area contributed by atoms with Crippen LogP contribution in [-0.2, 0) is 20.8 Å². The number of esters is 1. The number of carbonyl (C=O) groups excluding carboxylic acids is 1. The zero-order chi connectivity index (χ0) is 14.1. The van der Waals surface area contributed by atoms with Gasteiger partial charge in [-0.15, -0.1) is 0 Å². The van der Waals surface area contributed by atoms with Crippen LogP contribution < -0.4 is 10.1 Å². The lowest BCUT2D eigenvalue weighted by Gasteiger charge is -2.16. The Kier molecular flexibility index (Phi) is 6.92. The van der Waals surface area contributed by atoms with Crippen LogP contribution in [0.4, 0.5) is 0 Å². The van der Waals surface area contributed by atoms with Crippen molar-refractivity contribution in [2.75, 3.05) is 27.4 Å². The van der Waals surface area contributed by atoms with Crippen LogP contribution >= 0.6 is 0 Å². The summed E-state index contributed by atoms with van der Waals surface area (Å²) in [6, 6.07) is 7.20. The predicted molar refractivity (Wildman–Crippen MR) is 72.1 cm³/mol. The maximum atomic E-state index is 11.7. The highest BCUT2D eigenvalue weighted by Crippen LogP contribution is 2.11. The standard InChI is InChI=1S/C14H21NO4/c1-4-19-14(16)13(10-17-2)15-9-11-5-7-12(18-3)8-6-11/h5-8,13,15H,4,9-10H2,1-3H3. The smallest absolute Gasteiger partial charge is 0.325 e. The van der Waals surface area contributed by atoms with Crippen molar-refractivity contribution >= 4 is 5.97 Å². The molecule has 1 aromatic rings. The molecule has 0 amide bonds. The molecule has 19 heavy (non-hydrogen) atoms. The molecular weight excluding hydrogens is 246 g/mol. The monoisotopic (exact) mass is 267 g/mol. The number of hydrogen-bond acceptors (Lipinski definition) is 5. The van der Waals surface area contributed by atoms with E-state index in [1.807, 2.05) is 24.3 Å². The first-order chi connectivity index (χ1) is 9.21. The van der Waals surface area contributed by atoms with Gasteiger partial charge < -0.3 is 14.2 Å². The zero-order valence-electron chi connectivity index (χ0n) is 11.6. The van der Waals surface area contributed by atoms with Crippen LogP contribution in [0.15, 0.2) is 24.3 Å². The van der Waals surface area contributed by atoms with Crippen molar-refractivity contribution in [2.45, 2.75) is 19.5 Å². The Bertz CT molecular complexity index is 378. The molecular formula is C14H21NO4. The lowest BCUT2D eigenvalue weighted by molar-refractivity contribution is -0.147. The van der Waals surface area contributed by atoms with E-state index in [0.717, 1.165) is 11.3 Å². The molecule has 0 bridgehead atoms. The number of rotatable bonds is 8. The minimum absolute atomic E-state index is 0.287. The van der Waals surface area contributed by atoms with Gasteiger partial charge in [-0.2, -0.15) is 0 Å². The van der Waals surface area contributed by atoms with E-state index in [-0.39, 0.29) is 12.6 Å². The average Bonchev–Trinajstić information content (AvgIpc) is 2.44. The Hall–Kier alpha value is -1.59. The number of methoxy groups -OCH3 is 2. The van der Waals surface area contributed by atoms with Crippen molar-refractivity contribution in [1.82, 2.24) is 5.32 Å². The van der Waals surface area contributed by atoms with E-state index in [4.69, 9.17) is 14.2 Å². The molecule has 1 atom stereocenters. The summed E-state index contributed by atoms with van der Waals surface area (Å²) in [5.74, 6) is 0.514. The van der Waals surface area contributed by atoms with Gasteiger partial charge in [0.15, 0.2) is 0 Å². The SMILES string of the molecule is CCOC(=O)C(COC)NCc1ccc(OC)cc1. The fourth-order valence-electron chi connectivity index (χ4n) is 1.60. The Balaban J connectivity index is 2.52. The summed E-state index contributed by atoms with van der Waals surface area (Å²) in [6.45, 7) is 3.00. The van der Waals surface area contributed by atoms with Crippen molar-refractivity contribution in [3.8, 4) is 5.75 Å². The second-order valence-electron chi connectivity index (χ2n) is 3.99. The second-order valence-corrected chi connectivity index (χ2v) is 3.99. The molecule has 106 valence electrons. The molecule has 0 radical (unpaired) electrons. The zero-order valence-corrected chi connectivity index (χ0v) is 11.6. The van der Waals surface area contributed by atoms with Gasteiger partial charge in [0.1, 0.15) is 11.8 Å². The fourth-order valence-corrected chi connectivity index (χ4v) is 1.60. The first kappa shape index (κ1) is 15.5. The van der Waals surface area contributed by atoms with Crippen molar-refractivity contribution in [3.63, 3.8) is 0 Å². The number of carbonyl (C=O) groups is 1. The maximum Gasteiger partial charge on any atom is 0.325 e. The molecule has 0 saturated carbocycles. The van der Waals surface area contributed by atoms with Crippen LogP contribution in [0.3, 0.4) is 0 Å². The lowest BCUT2D eigenvalue weighted by Crippen LogP contribution is -2.41. The normalized spacial score (nSPS) is 11.9. The Morgan fingerprint density at radius 1 is 1.26 bits per heavy atom. The minimum Gasteiger partial charge on any atom is -0.497 e. The predicted octanol–water partition coefficient (Wildman–Crippen LogP) is 1.36. The highest BCUT2D eigenvalue weighted by molar-refractivity contribution is 5.75. The summed E-state index contributed by atoms with van der Waals surface area (Å²) in [5, 5.41) is 3.12. The molecule has 1 aromatic carbocycles. The first-order valence-electron chi connectivity index (χ1n) is 6.23. The van der Waals surface area contributed by atoms with E-state index >= 15 is 0 Å². The van der Waals surface area contributed by atoms with Gasteiger partial charge in [-0.05, 0) is 24.6 Å². The molecule has 0 aliphatic rings. The van der Waals surface area contributed by atoms with E-state index in [2.05, 4.69) is 5.32 Å². The molecule has 0 aliphatic heterocycles. The van der Waals surface area contributed by atoms with Crippen molar-refractivity contribution in [1.29, 1.82) is 0 Å². The van der Waals surface area contributed by atoms with Crippen LogP contribution in [0.1, 0.15) is 12.5 Å². The maximum absolute atomic E-state index is 11.7. The second kappa shape index (κ2) is 8.50. The number of ether oxygens (including phenoxy) is 3. The molecule has 1 N–H and O–H groups in total. The first-order valence-corrected chi connectivity index (χ1v) is 6.23. The third-order valence-electron chi connectivity index (χ3n) is 2.62. The third kappa shape index (κ3) is 5.28. The summed E-state index contributed by atoms with van der Waals surface area (Å²) in [4.78, 5) is 11.7. The molecule has 1 rings (SSSR count). The highest BCUT2D eigenvalue weighted by Gasteiger charge is 2.18. The van der Waals surface area contributed by atoms with Crippen LogP contribution in [0.2, 0.25) is 0 Å². The molecule has 0 aliphatic carbocycles. The Labute approximate surface area is 113 Å². The molecule has 0 heterocycles. The van der Waals surface area contributed by atoms with Gasteiger partial charge in [0.25, 0.3) is 0 Å². The highest BCUT2D eigenvalue weighted by atomic mass is 16.5. The number of nitrogens with one attached hydrogen (secondary N) is 1. The Morgan fingerprint density at radius 3 is 2.47 bits per heavy atom. The van der Waals surface area contributed by atoms with Crippen LogP contribution in [0, 0.1) is 0 Å². The molecule has 0 spiro atoms. The van der Waals surface area contributed by atoms with Gasteiger partial charge in [0.2, 0.25) is 0 Å². The number of hydrogen-bond donors (Lipinski definition) is 1. The molecule has 0 aromatic heterocycles. The van der Waals surface area contributed by atoms with Crippen LogP contribution in [0.5, 0.6) is 5.75 Å². The van der Waals surface area contributed by atoms with Gasteiger partial charge in [-0.25, -0.2) is 0 Å². The van der Waals surface area contributed by atoms with E-state index in [1.54, 1.807) is 21.1 Å². The minimum atomic E-state index is -0.452. The van der Waals surface area contributed by atoms with Crippen LogP contribution in [0.25, 0.3) is 0 Å². The van der Waals surface area contributed by atoms with Gasteiger partial charge in [-0.3, -0.25) is 10.1 Å². The lowest BCUT2D eigenvalue weighted by atomic mass is 10.2. The summed E-state index contributed by atoms with van der Waals surface area (Å²) in [5.41, 5.74) is 1.06. The van der Waals surface area contributed by atoms with Gasteiger partial charge in [-0.1, -0.05) is 12.1 Å². The molecule has 5 nitrogen and oxygen atoms in total. The summed E-state index contributed by atoms with van der Waals surface area (Å²) in [7, 11) is 3.18. The molecule has 0 saturated heterocycles. The van der Waals surface area contributed by atoms with Crippen molar-refractivity contribution < 1.29 is 19.0 Å². The average molecular weight is 267 g/mol. The fraction of sp³-hybridized carbons (Fsp3) is 0.500. The number of benzene rings is 1. The molecule has 0 fully saturated rings. The van der Waals surface area contributed by atoms with E-state index in [0.29, 0.717) is 13.2 Å².